The molecule has 32 heavy (non-hydrogen) atoms. The third kappa shape index (κ3) is 6.03. The summed E-state index contributed by atoms with van der Waals surface area (Å²) in [6.07, 6.45) is 2.05. The van der Waals surface area contributed by atoms with E-state index < -0.39 is 25.1 Å². The maximum absolute atomic E-state index is 12.1. The van der Waals surface area contributed by atoms with Gasteiger partial charge in [0, 0.05) is 18.4 Å². The quantitative estimate of drug-likeness (QED) is 0.493. The Bertz CT molecular complexity index is 1120. The SMILES string of the molecule is Cc1c[nH]c(=O)n1-c1ccc(C(=O)OCC(=O)NCCc2ccc(OC(F)F)cc2)cc1. The zero-order chi connectivity index (χ0) is 23.1. The molecule has 10 heteroatoms. The number of esters is 1. The molecule has 0 unspecified atom stereocenters. The first-order valence-corrected chi connectivity index (χ1v) is 9.68. The minimum Gasteiger partial charge on any atom is -0.452 e. The molecular formula is C22H21F2N3O5. The first-order valence-electron chi connectivity index (χ1n) is 9.68. The Kier molecular flexibility index (Phi) is 7.37. The van der Waals surface area contributed by atoms with Gasteiger partial charge in [0.25, 0.3) is 5.91 Å². The standard InChI is InChI=1S/C22H21F2N3O5/c1-14-12-26-22(30)27(14)17-6-4-16(5-7-17)20(29)31-13-19(28)25-11-10-15-2-8-18(9-3-15)32-21(23)24/h2-9,12,21H,10-11,13H2,1H3,(H,25,28)(H,26,30). The van der Waals surface area contributed by atoms with Crippen LogP contribution in [-0.4, -0.2) is 41.2 Å². The Morgan fingerprint density at radius 1 is 1.09 bits per heavy atom. The van der Waals surface area contributed by atoms with Gasteiger partial charge in [-0.3, -0.25) is 9.36 Å². The van der Waals surface area contributed by atoms with E-state index in [1.165, 1.54) is 28.8 Å². The van der Waals surface area contributed by atoms with Crippen molar-refractivity contribution in [3.8, 4) is 11.4 Å². The number of nitrogens with zero attached hydrogens (tertiary/aromatic N) is 1. The van der Waals surface area contributed by atoms with Gasteiger partial charge in [0.2, 0.25) is 0 Å². The summed E-state index contributed by atoms with van der Waals surface area (Å²) in [6, 6.07) is 12.3. The summed E-state index contributed by atoms with van der Waals surface area (Å²) in [5.41, 5.74) is 2.10. The number of H-pyrrole nitrogens is 1. The summed E-state index contributed by atoms with van der Waals surface area (Å²) in [4.78, 5) is 38.4. The first kappa shape index (κ1) is 22.7. The van der Waals surface area contributed by atoms with Crippen molar-refractivity contribution in [2.24, 2.45) is 0 Å². The Morgan fingerprint density at radius 3 is 2.38 bits per heavy atom. The van der Waals surface area contributed by atoms with Gasteiger partial charge >= 0.3 is 18.3 Å². The zero-order valence-electron chi connectivity index (χ0n) is 17.1. The van der Waals surface area contributed by atoms with Gasteiger partial charge < -0.3 is 19.8 Å². The van der Waals surface area contributed by atoms with Crippen LogP contribution in [0.15, 0.2) is 59.5 Å². The van der Waals surface area contributed by atoms with E-state index in [4.69, 9.17) is 4.74 Å². The van der Waals surface area contributed by atoms with Crippen LogP contribution in [-0.2, 0) is 16.0 Å². The topological polar surface area (TPSA) is 102 Å². The molecule has 0 saturated heterocycles. The average molecular weight is 445 g/mol. The molecule has 2 aromatic carbocycles. The number of amides is 1. The number of ether oxygens (including phenoxy) is 2. The molecule has 0 bridgehead atoms. The predicted octanol–water partition coefficient (Wildman–Crippen LogP) is 2.59. The van der Waals surface area contributed by atoms with Crippen molar-refractivity contribution in [1.29, 1.82) is 0 Å². The molecular weight excluding hydrogens is 424 g/mol. The summed E-state index contributed by atoms with van der Waals surface area (Å²) in [5.74, 6) is -1.08. The van der Waals surface area contributed by atoms with Gasteiger partial charge in [0.1, 0.15) is 5.75 Å². The van der Waals surface area contributed by atoms with Crippen LogP contribution >= 0.6 is 0 Å². The second-order valence-corrected chi connectivity index (χ2v) is 6.82. The molecule has 168 valence electrons. The lowest BCUT2D eigenvalue weighted by atomic mass is 10.1. The zero-order valence-corrected chi connectivity index (χ0v) is 17.1. The number of alkyl halides is 2. The second kappa shape index (κ2) is 10.4. The van der Waals surface area contributed by atoms with Crippen LogP contribution in [0.25, 0.3) is 5.69 Å². The maximum atomic E-state index is 12.1. The van der Waals surface area contributed by atoms with Gasteiger partial charge in [-0.2, -0.15) is 8.78 Å². The van der Waals surface area contributed by atoms with E-state index >= 15 is 0 Å². The first-order chi connectivity index (χ1) is 15.3. The van der Waals surface area contributed by atoms with Crippen molar-refractivity contribution in [3.05, 3.63) is 82.0 Å². The number of carbonyl (C=O) groups is 2. The number of imidazole rings is 1. The molecule has 2 N–H and O–H groups in total. The lowest BCUT2D eigenvalue weighted by Crippen LogP contribution is -2.30. The van der Waals surface area contributed by atoms with Crippen LogP contribution in [0, 0.1) is 6.92 Å². The van der Waals surface area contributed by atoms with E-state index in [-0.39, 0.29) is 23.5 Å². The number of rotatable bonds is 9. The van der Waals surface area contributed by atoms with E-state index in [9.17, 15) is 23.2 Å². The molecule has 0 spiro atoms. The van der Waals surface area contributed by atoms with Gasteiger partial charge in [-0.05, 0) is 55.3 Å². The molecule has 1 aromatic heterocycles. The Labute approximate surface area is 181 Å². The van der Waals surface area contributed by atoms with Gasteiger partial charge in [0.15, 0.2) is 6.61 Å². The predicted molar refractivity (Wildman–Crippen MR) is 111 cm³/mol. The van der Waals surface area contributed by atoms with Crippen LogP contribution in [0.2, 0.25) is 0 Å². The molecule has 0 atom stereocenters. The number of carbonyl (C=O) groups excluding carboxylic acids is 2. The summed E-state index contributed by atoms with van der Waals surface area (Å²) in [7, 11) is 0. The summed E-state index contributed by atoms with van der Waals surface area (Å²) in [6.45, 7) is -1.27. The highest BCUT2D eigenvalue weighted by Crippen LogP contribution is 2.15. The van der Waals surface area contributed by atoms with E-state index in [2.05, 4.69) is 15.0 Å². The molecule has 0 radical (unpaired) electrons. The summed E-state index contributed by atoms with van der Waals surface area (Å²) < 4.78 is 35.0. The largest absolute Gasteiger partial charge is 0.452 e. The number of hydrogen-bond donors (Lipinski definition) is 2. The van der Waals surface area contributed by atoms with Crippen molar-refractivity contribution in [1.82, 2.24) is 14.9 Å². The lowest BCUT2D eigenvalue weighted by molar-refractivity contribution is -0.124. The number of hydrogen-bond acceptors (Lipinski definition) is 5. The van der Waals surface area contributed by atoms with Gasteiger partial charge in [-0.15, -0.1) is 0 Å². The molecule has 3 rings (SSSR count). The fourth-order valence-corrected chi connectivity index (χ4v) is 2.97. The number of aryl methyl sites for hydroxylation is 1. The lowest BCUT2D eigenvalue weighted by Gasteiger charge is -2.08. The number of aromatic amines is 1. The third-order valence-electron chi connectivity index (χ3n) is 4.54. The van der Waals surface area contributed by atoms with E-state index in [1.807, 2.05) is 0 Å². The van der Waals surface area contributed by atoms with Crippen molar-refractivity contribution in [2.75, 3.05) is 13.2 Å². The Morgan fingerprint density at radius 2 is 1.78 bits per heavy atom. The van der Waals surface area contributed by atoms with Gasteiger partial charge in [-0.25, -0.2) is 9.59 Å². The molecule has 0 aliphatic heterocycles. The monoisotopic (exact) mass is 445 g/mol. The van der Waals surface area contributed by atoms with E-state index in [0.29, 0.717) is 12.1 Å². The normalized spacial score (nSPS) is 10.8. The van der Waals surface area contributed by atoms with E-state index in [0.717, 1.165) is 11.3 Å². The maximum Gasteiger partial charge on any atom is 0.387 e. The summed E-state index contributed by atoms with van der Waals surface area (Å²) >= 11 is 0. The van der Waals surface area contributed by atoms with Crippen molar-refractivity contribution < 1.29 is 27.8 Å². The molecule has 0 fully saturated rings. The average Bonchev–Trinajstić information content (AvgIpc) is 3.11. The van der Waals surface area contributed by atoms with Crippen molar-refractivity contribution >= 4 is 11.9 Å². The molecule has 1 heterocycles. The smallest absolute Gasteiger partial charge is 0.387 e. The number of nitrogens with one attached hydrogen (secondary N) is 2. The molecule has 8 nitrogen and oxygen atoms in total. The Balaban J connectivity index is 1.42. The van der Waals surface area contributed by atoms with Crippen LogP contribution in [0.1, 0.15) is 21.6 Å². The number of aromatic nitrogens is 2. The number of halogens is 2. The molecule has 1 amide bonds. The fourth-order valence-electron chi connectivity index (χ4n) is 2.97. The molecule has 3 aromatic rings. The third-order valence-corrected chi connectivity index (χ3v) is 4.54. The number of benzene rings is 2. The molecule has 0 saturated carbocycles. The highest BCUT2D eigenvalue weighted by Gasteiger charge is 2.12. The fraction of sp³-hybridized carbons (Fsp3) is 0.227. The van der Waals surface area contributed by atoms with Gasteiger partial charge in [0.05, 0.1) is 11.3 Å². The highest BCUT2D eigenvalue weighted by molar-refractivity contribution is 5.91. The van der Waals surface area contributed by atoms with Crippen molar-refractivity contribution in [2.45, 2.75) is 20.0 Å². The minimum atomic E-state index is -2.88. The second-order valence-electron chi connectivity index (χ2n) is 6.82. The van der Waals surface area contributed by atoms with Crippen molar-refractivity contribution in [3.63, 3.8) is 0 Å². The Hall–Kier alpha value is -3.95. The van der Waals surface area contributed by atoms with Crippen LogP contribution < -0.4 is 15.7 Å². The van der Waals surface area contributed by atoms with Crippen LogP contribution in [0.3, 0.4) is 0 Å². The van der Waals surface area contributed by atoms with Crippen LogP contribution in [0.4, 0.5) is 8.78 Å². The molecule has 0 aliphatic carbocycles. The summed E-state index contributed by atoms with van der Waals surface area (Å²) in [5, 5.41) is 2.62. The minimum absolute atomic E-state index is 0.0584. The van der Waals surface area contributed by atoms with E-state index in [1.54, 1.807) is 37.4 Å². The van der Waals surface area contributed by atoms with Gasteiger partial charge in [-0.1, -0.05) is 12.1 Å². The van der Waals surface area contributed by atoms with Crippen LogP contribution in [0.5, 0.6) is 5.75 Å². The highest BCUT2D eigenvalue weighted by atomic mass is 19.3. The molecule has 0 aliphatic rings.